The van der Waals surface area contributed by atoms with Crippen molar-refractivity contribution in [2.75, 3.05) is 19.6 Å². The second-order valence-corrected chi connectivity index (χ2v) is 9.28. The van der Waals surface area contributed by atoms with Gasteiger partial charge in [0.05, 0.1) is 12.2 Å². The zero-order valence-corrected chi connectivity index (χ0v) is 19.9. The summed E-state index contributed by atoms with van der Waals surface area (Å²) in [5.41, 5.74) is 1.58. The molecule has 3 N–H and O–H groups in total. The summed E-state index contributed by atoms with van der Waals surface area (Å²) in [7, 11) is 0. The summed E-state index contributed by atoms with van der Waals surface area (Å²) in [4.78, 5) is 38.6. The van der Waals surface area contributed by atoms with Crippen molar-refractivity contribution in [1.29, 1.82) is 0 Å². The second-order valence-electron chi connectivity index (χ2n) is 9.28. The van der Waals surface area contributed by atoms with E-state index < -0.39 is 0 Å². The number of carbonyl (C=O) groups is 3. The molecule has 2 aliphatic rings. The van der Waals surface area contributed by atoms with Gasteiger partial charge in [0.15, 0.2) is 0 Å². The van der Waals surface area contributed by atoms with Crippen molar-refractivity contribution in [2.45, 2.75) is 83.6 Å². The minimum absolute atomic E-state index is 0.00705. The SMILES string of the molecule is CC1CN(C(=O)c2ccc(CNC(=O)CCCNC(=O)NC3CCCCC3)cc2)CC(C)O1. The van der Waals surface area contributed by atoms with Gasteiger partial charge in [-0.2, -0.15) is 0 Å². The van der Waals surface area contributed by atoms with Crippen LogP contribution in [0.5, 0.6) is 0 Å². The number of carbonyl (C=O) groups excluding carboxylic acids is 3. The first-order valence-corrected chi connectivity index (χ1v) is 12.3. The third kappa shape index (κ3) is 8.35. The van der Waals surface area contributed by atoms with Crippen LogP contribution < -0.4 is 16.0 Å². The number of hydrogen-bond donors (Lipinski definition) is 3. The molecule has 1 aliphatic heterocycles. The molecule has 1 aromatic carbocycles. The molecule has 3 rings (SSSR count). The van der Waals surface area contributed by atoms with Gasteiger partial charge in [0.1, 0.15) is 0 Å². The highest BCUT2D eigenvalue weighted by Gasteiger charge is 2.26. The Hall–Kier alpha value is -2.61. The molecule has 0 aromatic heterocycles. The summed E-state index contributed by atoms with van der Waals surface area (Å²) in [5, 5.41) is 8.74. The van der Waals surface area contributed by atoms with Crippen molar-refractivity contribution in [3.63, 3.8) is 0 Å². The maximum Gasteiger partial charge on any atom is 0.315 e. The fraction of sp³-hybridized carbons (Fsp3) is 0.640. The molecule has 182 valence electrons. The van der Waals surface area contributed by atoms with Crippen LogP contribution in [0.3, 0.4) is 0 Å². The summed E-state index contributed by atoms with van der Waals surface area (Å²) in [6.07, 6.45) is 6.73. The molecule has 1 saturated carbocycles. The molecule has 8 heteroatoms. The Balaban J connectivity index is 1.31. The van der Waals surface area contributed by atoms with Crippen molar-refractivity contribution < 1.29 is 19.1 Å². The van der Waals surface area contributed by atoms with Crippen LogP contribution in [0, 0.1) is 0 Å². The van der Waals surface area contributed by atoms with Crippen molar-refractivity contribution in [1.82, 2.24) is 20.9 Å². The predicted octanol–water partition coefficient (Wildman–Crippen LogP) is 2.96. The maximum absolute atomic E-state index is 12.7. The lowest BCUT2D eigenvalue weighted by atomic mass is 9.96. The topological polar surface area (TPSA) is 99.8 Å². The second kappa shape index (κ2) is 12.6. The normalized spacial score (nSPS) is 21.3. The fourth-order valence-electron chi connectivity index (χ4n) is 4.51. The van der Waals surface area contributed by atoms with Crippen LogP contribution in [0.4, 0.5) is 4.79 Å². The summed E-state index contributed by atoms with van der Waals surface area (Å²) < 4.78 is 5.70. The van der Waals surface area contributed by atoms with Crippen LogP contribution in [-0.4, -0.2) is 60.6 Å². The standard InChI is InChI=1S/C25H38N4O4/c1-18-16-29(17-19(2)33-18)24(31)21-12-10-20(11-13-21)15-27-23(30)9-6-14-26-25(32)28-22-7-4-3-5-8-22/h10-13,18-19,22H,3-9,14-17H2,1-2H3,(H,27,30)(H2,26,28,32). The molecule has 4 amide bonds. The van der Waals surface area contributed by atoms with Crippen LogP contribution >= 0.6 is 0 Å². The maximum atomic E-state index is 12.7. The number of morpholine rings is 1. The van der Waals surface area contributed by atoms with Crippen LogP contribution in [0.15, 0.2) is 24.3 Å². The number of hydrogen-bond acceptors (Lipinski definition) is 4. The Morgan fingerprint density at radius 3 is 2.30 bits per heavy atom. The Bertz CT molecular complexity index is 782. The lowest BCUT2D eigenvalue weighted by molar-refractivity contribution is -0.121. The Kier molecular flexibility index (Phi) is 9.54. The van der Waals surface area contributed by atoms with Gasteiger partial charge in [0.25, 0.3) is 5.91 Å². The number of benzene rings is 1. The van der Waals surface area contributed by atoms with Crippen LogP contribution in [-0.2, 0) is 16.1 Å². The van der Waals surface area contributed by atoms with E-state index in [1.807, 2.05) is 43.0 Å². The molecule has 2 atom stereocenters. The molecule has 0 spiro atoms. The van der Waals surface area contributed by atoms with Gasteiger partial charge in [-0.3, -0.25) is 9.59 Å². The number of ether oxygens (including phenoxy) is 1. The van der Waals surface area contributed by atoms with Gasteiger partial charge in [-0.25, -0.2) is 4.79 Å². The first-order valence-electron chi connectivity index (χ1n) is 12.3. The summed E-state index contributed by atoms with van der Waals surface area (Å²) >= 11 is 0. The van der Waals surface area contributed by atoms with E-state index in [4.69, 9.17) is 4.74 Å². The molecule has 0 radical (unpaired) electrons. The number of amides is 4. The predicted molar refractivity (Wildman–Crippen MR) is 127 cm³/mol. The van der Waals surface area contributed by atoms with E-state index in [0.29, 0.717) is 44.6 Å². The van der Waals surface area contributed by atoms with E-state index >= 15 is 0 Å². The van der Waals surface area contributed by atoms with Crippen LogP contribution in [0.1, 0.15) is 74.7 Å². The molecule has 1 aliphatic carbocycles. The highest BCUT2D eigenvalue weighted by atomic mass is 16.5. The third-order valence-corrected chi connectivity index (χ3v) is 6.20. The molecule has 1 saturated heterocycles. The van der Waals surface area contributed by atoms with Gasteiger partial charge < -0.3 is 25.6 Å². The highest BCUT2D eigenvalue weighted by molar-refractivity contribution is 5.94. The van der Waals surface area contributed by atoms with E-state index in [9.17, 15) is 14.4 Å². The smallest absolute Gasteiger partial charge is 0.315 e. The van der Waals surface area contributed by atoms with Crippen LogP contribution in [0.25, 0.3) is 0 Å². The number of urea groups is 1. The number of nitrogens with one attached hydrogen (secondary N) is 3. The van der Waals surface area contributed by atoms with E-state index in [1.165, 1.54) is 19.3 Å². The first kappa shape index (κ1) is 25.0. The van der Waals surface area contributed by atoms with E-state index in [1.54, 1.807) is 0 Å². The van der Waals surface area contributed by atoms with Gasteiger partial charge in [0.2, 0.25) is 5.91 Å². The average molecular weight is 459 g/mol. The van der Waals surface area contributed by atoms with Gasteiger partial charge in [-0.15, -0.1) is 0 Å². The number of nitrogens with zero attached hydrogens (tertiary/aromatic N) is 1. The molecule has 2 fully saturated rings. The minimum Gasteiger partial charge on any atom is -0.372 e. The van der Waals surface area contributed by atoms with Gasteiger partial charge in [-0.1, -0.05) is 31.4 Å². The lowest BCUT2D eigenvalue weighted by Gasteiger charge is -2.35. The van der Waals surface area contributed by atoms with Crippen molar-refractivity contribution >= 4 is 17.8 Å². The first-order chi connectivity index (χ1) is 15.9. The van der Waals surface area contributed by atoms with Gasteiger partial charge in [0, 0.05) is 44.2 Å². The largest absolute Gasteiger partial charge is 0.372 e. The monoisotopic (exact) mass is 458 g/mol. The Morgan fingerprint density at radius 2 is 1.64 bits per heavy atom. The molecule has 2 unspecified atom stereocenters. The van der Waals surface area contributed by atoms with Gasteiger partial charge in [-0.05, 0) is 50.8 Å². The average Bonchev–Trinajstić information content (AvgIpc) is 2.80. The molecular weight excluding hydrogens is 420 g/mol. The van der Waals surface area contributed by atoms with Crippen molar-refractivity contribution in [3.8, 4) is 0 Å². The van der Waals surface area contributed by atoms with Crippen molar-refractivity contribution in [3.05, 3.63) is 35.4 Å². The molecule has 1 heterocycles. The summed E-state index contributed by atoms with van der Waals surface area (Å²) in [6.45, 7) is 6.03. The van der Waals surface area contributed by atoms with E-state index in [2.05, 4.69) is 16.0 Å². The van der Waals surface area contributed by atoms with Crippen molar-refractivity contribution in [2.24, 2.45) is 0 Å². The number of rotatable bonds is 8. The van der Waals surface area contributed by atoms with Gasteiger partial charge >= 0.3 is 6.03 Å². The molecular formula is C25H38N4O4. The van der Waals surface area contributed by atoms with Crippen LogP contribution in [0.2, 0.25) is 0 Å². The molecule has 1 aromatic rings. The van der Waals surface area contributed by atoms with E-state index in [-0.39, 0.29) is 36.1 Å². The quantitative estimate of drug-likeness (QED) is 0.522. The lowest BCUT2D eigenvalue weighted by Crippen LogP contribution is -2.48. The molecule has 33 heavy (non-hydrogen) atoms. The molecule has 0 bridgehead atoms. The molecule has 8 nitrogen and oxygen atoms in total. The van der Waals surface area contributed by atoms with E-state index in [0.717, 1.165) is 18.4 Å². The summed E-state index contributed by atoms with van der Waals surface area (Å²) in [5.74, 6) is -0.0476. The zero-order chi connectivity index (χ0) is 23.6. The fourth-order valence-corrected chi connectivity index (χ4v) is 4.51. The highest BCUT2D eigenvalue weighted by Crippen LogP contribution is 2.17. The third-order valence-electron chi connectivity index (χ3n) is 6.20. The zero-order valence-electron chi connectivity index (χ0n) is 19.9. The minimum atomic E-state index is -0.141. The Labute approximate surface area is 196 Å². The summed E-state index contributed by atoms with van der Waals surface area (Å²) in [6, 6.07) is 7.51. The Morgan fingerprint density at radius 1 is 0.970 bits per heavy atom.